The maximum Gasteiger partial charge on any atom is 0.259 e. The smallest absolute Gasteiger partial charge is 0.259 e. The number of carbonyl (C=O) groups is 3. The maximum absolute atomic E-state index is 12.9. The minimum atomic E-state index is -0.666. The summed E-state index contributed by atoms with van der Waals surface area (Å²) in [6.45, 7) is 4.96. The van der Waals surface area contributed by atoms with Gasteiger partial charge in [0, 0.05) is 13.7 Å². The van der Waals surface area contributed by atoms with E-state index in [9.17, 15) is 19.5 Å². The number of methoxy groups -OCH3 is 1. The molecule has 8 nitrogen and oxygen atoms in total. The first-order valence-corrected chi connectivity index (χ1v) is 14.4. The molecule has 0 radical (unpaired) electrons. The van der Waals surface area contributed by atoms with Gasteiger partial charge in [-0.25, -0.2) is 0 Å². The summed E-state index contributed by atoms with van der Waals surface area (Å²) < 4.78 is 12.3. The molecular weight excluding hydrogens is 484 g/mol. The second kappa shape index (κ2) is 9.94. The summed E-state index contributed by atoms with van der Waals surface area (Å²) in [5.41, 5.74) is -0.153. The number of Topliss-reactive ketones (excluding diaryl/α,β-unsaturated/α-hetero) is 1. The van der Waals surface area contributed by atoms with Crippen LogP contribution < -0.4 is 10.6 Å². The van der Waals surface area contributed by atoms with E-state index in [2.05, 4.69) is 24.5 Å². The van der Waals surface area contributed by atoms with Gasteiger partial charge in [-0.2, -0.15) is 0 Å². The third-order valence-corrected chi connectivity index (χ3v) is 10.6. The molecule has 5 fully saturated rings. The molecule has 2 saturated heterocycles. The first kappa shape index (κ1) is 25.8. The zero-order valence-electron chi connectivity index (χ0n) is 22.5. The lowest BCUT2D eigenvalue weighted by atomic mass is 9.45. The van der Waals surface area contributed by atoms with Crippen molar-refractivity contribution in [2.45, 2.75) is 70.3 Å². The quantitative estimate of drug-likeness (QED) is 0.378. The van der Waals surface area contributed by atoms with Crippen molar-refractivity contribution in [1.82, 2.24) is 10.6 Å². The molecule has 0 aromatic rings. The summed E-state index contributed by atoms with van der Waals surface area (Å²) in [5, 5.41) is 16.5. The van der Waals surface area contributed by atoms with E-state index in [0.717, 1.165) is 19.3 Å². The van der Waals surface area contributed by atoms with Crippen molar-refractivity contribution >= 4 is 17.6 Å². The maximum atomic E-state index is 12.9. The summed E-state index contributed by atoms with van der Waals surface area (Å²) in [7, 11) is 1.80. The lowest BCUT2D eigenvalue weighted by Crippen LogP contribution is -2.57. The van der Waals surface area contributed by atoms with Gasteiger partial charge >= 0.3 is 0 Å². The number of aliphatic hydroxyl groups excluding tert-OH is 1. The summed E-state index contributed by atoms with van der Waals surface area (Å²) in [5.74, 6) is 2.01. The van der Waals surface area contributed by atoms with Crippen molar-refractivity contribution in [3.8, 4) is 0 Å². The highest BCUT2D eigenvalue weighted by molar-refractivity contribution is 6.27. The van der Waals surface area contributed by atoms with Gasteiger partial charge < -0.3 is 25.2 Å². The molecule has 3 aliphatic heterocycles. The molecule has 0 aromatic heterocycles. The number of aliphatic hydroxyl groups is 1. The number of fused-ring (bicyclic) bond motifs is 7. The lowest BCUT2D eigenvalue weighted by Gasteiger charge is -2.58. The molecule has 0 spiro atoms. The number of epoxide rings is 1. The molecule has 206 valence electrons. The number of amides is 2. The largest absolute Gasteiger partial charge is 0.507 e. The van der Waals surface area contributed by atoms with Gasteiger partial charge in [-0.1, -0.05) is 19.1 Å². The molecule has 8 heteroatoms. The van der Waals surface area contributed by atoms with Crippen LogP contribution in [0, 0.1) is 47.3 Å². The Bertz CT molecular complexity index is 1100. The van der Waals surface area contributed by atoms with E-state index < -0.39 is 11.9 Å². The molecule has 0 aromatic carbocycles. The molecule has 38 heavy (non-hydrogen) atoms. The van der Waals surface area contributed by atoms with Crippen LogP contribution in [-0.2, 0) is 23.9 Å². The van der Waals surface area contributed by atoms with Crippen LogP contribution in [0.4, 0.5) is 0 Å². The van der Waals surface area contributed by atoms with Crippen molar-refractivity contribution in [3.05, 3.63) is 35.6 Å². The molecule has 6 rings (SSSR count). The number of rotatable bonds is 2. The van der Waals surface area contributed by atoms with E-state index >= 15 is 0 Å². The Morgan fingerprint density at radius 3 is 2.63 bits per heavy atom. The Kier molecular flexibility index (Phi) is 6.75. The van der Waals surface area contributed by atoms with Crippen molar-refractivity contribution in [2.75, 3.05) is 13.7 Å². The predicted octanol–water partition coefficient (Wildman–Crippen LogP) is 2.85. The van der Waals surface area contributed by atoms with Gasteiger partial charge in [-0.05, 0) is 98.5 Å². The zero-order valence-corrected chi connectivity index (χ0v) is 22.5. The van der Waals surface area contributed by atoms with E-state index in [4.69, 9.17) is 9.47 Å². The number of hydrogen-bond acceptors (Lipinski definition) is 6. The average Bonchev–Trinajstić information content (AvgIpc) is 3.60. The van der Waals surface area contributed by atoms with Crippen LogP contribution in [0.5, 0.6) is 0 Å². The van der Waals surface area contributed by atoms with E-state index in [-0.39, 0.29) is 53.2 Å². The van der Waals surface area contributed by atoms with Crippen LogP contribution in [0.25, 0.3) is 0 Å². The van der Waals surface area contributed by atoms with Crippen molar-refractivity contribution in [1.29, 1.82) is 0 Å². The third kappa shape index (κ3) is 4.24. The SMILES string of the molecule is COC(C)C1C(C)CC2C3CC4/C=C/C(O)=C5C(=O)NC(CCCNC(=O)/C=C\CC4C2C2OC2C31)C5=O. The van der Waals surface area contributed by atoms with Gasteiger partial charge in [0.05, 0.1) is 24.4 Å². The summed E-state index contributed by atoms with van der Waals surface area (Å²) in [6, 6.07) is -0.666. The average molecular weight is 525 g/mol. The Morgan fingerprint density at radius 2 is 1.84 bits per heavy atom. The monoisotopic (exact) mass is 524 g/mol. The number of hydrogen-bond donors (Lipinski definition) is 3. The summed E-state index contributed by atoms with van der Waals surface area (Å²) in [4.78, 5) is 37.9. The molecule has 3 heterocycles. The van der Waals surface area contributed by atoms with Crippen LogP contribution in [0.15, 0.2) is 35.6 Å². The molecule has 2 amide bonds. The second-order valence-corrected chi connectivity index (χ2v) is 12.4. The fourth-order valence-corrected chi connectivity index (χ4v) is 9.00. The number of allylic oxidation sites excluding steroid dienone is 3. The van der Waals surface area contributed by atoms with E-state index in [1.54, 1.807) is 19.3 Å². The van der Waals surface area contributed by atoms with Gasteiger partial charge in [-0.15, -0.1) is 0 Å². The number of ketones is 1. The van der Waals surface area contributed by atoms with E-state index in [1.807, 2.05) is 12.2 Å². The Labute approximate surface area is 224 Å². The fourth-order valence-electron chi connectivity index (χ4n) is 9.00. The standard InChI is InChI=1S/C30H40N2O6/c1-14-12-18-19-13-16-9-10-21(33)26-27(35)20(32-30(26)36)7-5-11-31-22(34)8-4-6-17(16)24(18)28-29(38-28)25(19)23(14)15(2)37-3/h4,8-10,14-20,23-25,28-29,33H,5-7,11-13H2,1-3H3,(H,31,34)(H,32,36)/b8-4-,10-9+,26-21?. The Balaban J connectivity index is 1.35. The number of ether oxygens (including phenoxy) is 2. The van der Waals surface area contributed by atoms with Gasteiger partial charge in [0.2, 0.25) is 5.91 Å². The zero-order chi connectivity index (χ0) is 26.7. The van der Waals surface area contributed by atoms with Gasteiger partial charge in [-0.3, -0.25) is 14.4 Å². The van der Waals surface area contributed by atoms with Crippen LogP contribution in [-0.4, -0.2) is 60.7 Å². The first-order valence-electron chi connectivity index (χ1n) is 14.4. The lowest BCUT2D eigenvalue weighted by molar-refractivity contribution is -0.118. The molecule has 3 N–H and O–H groups in total. The van der Waals surface area contributed by atoms with Gasteiger partial charge in [0.25, 0.3) is 5.91 Å². The van der Waals surface area contributed by atoms with Gasteiger partial charge in [0.1, 0.15) is 11.3 Å². The van der Waals surface area contributed by atoms with Crippen LogP contribution >= 0.6 is 0 Å². The van der Waals surface area contributed by atoms with Crippen LogP contribution in [0.3, 0.4) is 0 Å². The first-order chi connectivity index (χ1) is 18.3. The predicted molar refractivity (Wildman–Crippen MR) is 140 cm³/mol. The second-order valence-electron chi connectivity index (χ2n) is 12.4. The normalized spacial score (nSPS) is 46.8. The fraction of sp³-hybridized carbons (Fsp3) is 0.700. The topological polar surface area (TPSA) is 117 Å². The molecule has 6 bridgehead atoms. The van der Waals surface area contributed by atoms with E-state index in [0.29, 0.717) is 54.9 Å². The number of nitrogens with one attached hydrogen (secondary N) is 2. The van der Waals surface area contributed by atoms with Crippen LogP contribution in [0.1, 0.15) is 46.0 Å². The van der Waals surface area contributed by atoms with Gasteiger partial charge in [0.15, 0.2) is 5.78 Å². The Hall–Kier alpha value is -2.45. The highest BCUT2D eigenvalue weighted by Gasteiger charge is 2.68. The number of carbonyl (C=O) groups excluding carboxylic acids is 3. The molecule has 12 unspecified atom stereocenters. The highest BCUT2D eigenvalue weighted by atomic mass is 16.6. The molecule has 3 aliphatic carbocycles. The Morgan fingerprint density at radius 1 is 1.08 bits per heavy atom. The minimum absolute atomic E-state index is 0.134. The van der Waals surface area contributed by atoms with Crippen molar-refractivity contribution in [2.24, 2.45) is 47.3 Å². The minimum Gasteiger partial charge on any atom is -0.507 e. The molecule has 6 aliphatic rings. The molecular formula is C30H40N2O6. The summed E-state index contributed by atoms with van der Waals surface area (Å²) in [6.07, 6.45) is 11.7. The third-order valence-electron chi connectivity index (χ3n) is 10.6. The van der Waals surface area contributed by atoms with Crippen molar-refractivity contribution in [3.63, 3.8) is 0 Å². The molecule has 12 atom stereocenters. The highest BCUT2D eigenvalue weighted by Crippen LogP contribution is 2.66. The van der Waals surface area contributed by atoms with Crippen molar-refractivity contribution < 1.29 is 29.0 Å². The summed E-state index contributed by atoms with van der Waals surface area (Å²) >= 11 is 0. The van der Waals surface area contributed by atoms with E-state index in [1.165, 1.54) is 0 Å². The van der Waals surface area contributed by atoms with Crippen LogP contribution in [0.2, 0.25) is 0 Å². The molecule has 3 saturated carbocycles.